The summed E-state index contributed by atoms with van der Waals surface area (Å²) in [7, 11) is 0. The van der Waals surface area contributed by atoms with Crippen molar-refractivity contribution in [3.8, 4) is 0 Å². The van der Waals surface area contributed by atoms with Crippen LogP contribution in [0.15, 0.2) is 18.2 Å². The summed E-state index contributed by atoms with van der Waals surface area (Å²) >= 11 is 0. The summed E-state index contributed by atoms with van der Waals surface area (Å²) in [6, 6.07) is 4.12. The minimum absolute atomic E-state index is 0.0912. The standard InChI is InChI=1S/C15H20FNO4/c1-9(13(18)19)7-10-5-6-11(8-12(10)16)17-14(20)21-15(2,3)4/h5-6,8-9H,7H2,1-4H3,(H,17,20)(H,18,19). The second kappa shape index (κ2) is 6.56. The first-order valence-corrected chi connectivity index (χ1v) is 6.59. The normalized spacial score (nSPS) is 12.6. The van der Waals surface area contributed by atoms with E-state index in [9.17, 15) is 14.0 Å². The fourth-order valence-electron chi connectivity index (χ4n) is 1.63. The van der Waals surface area contributed by atoms with Crippen LogP contribution in [0.3, 0.4) is 0 Å². The van der Waals surface area contributed by atoms with Gasteiger partial charge in [-0.25, -0.2) is 9.18 Å². The van der Waals surface area contributed by atoms with Crippen molar-refractivity contribution in [1.82, 2.24) is 0 Å². The van der Waals surface area contributed by atoms with Crippen molar-refractivity contribution in [1.29, 1.82) is 0 Å². The zero-order valence-electron chi connectivity index (χ0n) is 12.6. The molecule has 0 aromatic heterocycles. The molecular weight excluding hydrogens is 277 g/mol. The third-order valence-electron chi connectivity index (χ3n) is 2.65. The summed E-state index contributed by atoms with van der Waals surface area (Å²) in [5, 5.41) is 11.2. The molecule has 116 valence electrons. The Labute approximate surface area is 123 Å². The van der Waals surface area contributed by atoms with Crippen molar-refractivity contribution < 1.29 is 23.8 Å². The van der Waals surface area contributed by atoms with E-state index >= 15 is 0 Å². The predicted octanol–water partition coefficient (Wildman–Crippen LogP) is 3.44. The van der Waals surface area contributed by atoms with Crippen LogP contribution in [0.5, 0.6) is 0 Å². The third-order valence-corrected chi connectivity index (χ3v) is 2.65. The highest BCUT2D eigenvalue weighted by Crippen LogP contribution is 2.19. The van der Waals surface area contributed by atoms with Crippen LogP contribution >= 0.6 is 0 Å². The van der Waals surface area contributed by atoms with Gasteiger partial charge in [0.25, 0.3) is 0 Å². The van der Waals surface area contributed by atoms with Gasteiger partial charge < -0.3 is 9.84 Å². The molecule has 0 fully saturated rings. The number of hydrogen-bond donors (Lipinski definition) is 2. The van der Waals surface area contributed by atoms with Crippen molar-refractivity contribution >= 4 is 17.7 Å². The van der Waals surface area contributed by atoms with Crippen LogP contribution in [0.2, 0.25) is 0 Å². The van der Waals surface area contributed by atoms with Gasteiger partial charge >= 0.3 is 12.1 Å². The molecule has 0 aliphatic carbocycles. The van der Waals surface area contributed by atoms with Crippen molar-refractivity contribution in [3.63, 3.8) is 0 Å². The maximum absolute atomic E-state index is 13.9. The summed E-state index contributed by atoms with van der Waals surface area (Å²) in [5.74, 6) is -2.22. The summed E-state index contributed by atoms with van der Waals surface area (Å²) in [4.78, 5) is 22.3. The number of carboxylic acids is 1. The molecule has 0 radical (unpaired) electrons. The van der Waals surface area contributed by atoms with E-state index < -0.39 is 29.4 Å². The molecule has 0 spiro atoms. The van der Waals surface area contributed by atoms with Crippen LogP contribution in [0.1, 0.15) is 33.3 Å². The smallest absolute Gasteiger partial charge is 0.412 e. The van der Waals surface area contributed by atoms with Crippen molar-refractivity contribution in [2.75, 3.05) is 5.32 Å². The molecule has 2 N–H and O–H groups in total. The molecule has 1 aromatic rings. The van der Waals surface area contributed by atoms with E-state index in [1.807, 2.05) is 0 Å². The lowest BCUT2D eigenvalue weighted by atomic mass is 10.0. The highest BCUT2D eigenvalue weighted by Gasteiger charge is 2.18. The van der Waals surface area contributed by atoms with Crippen LogP contribution in [0.4, 0.5) is 14.9 Å². The van der Waals surface area contributed by atoms with Crippen LogP contribution in [0, 0.1) is 11.7 Å². The summed E-state index contributed by atoms with van der Waals surface area (Å²) < 4.78 is 18.9. The minimum atomic E-state index is -0.981. The number of anilines is 1. The molecule has 0 aliphatic heterocycles. The van der Waals surface area contributed by atoms with E-state index in [0.29, 0.717) is 5.56 Å². The Morgan fingerprint density at radius 1 is 1.38 bits per heavy atom. The van der Waals surface area contributed by atoms with Crippen molar-refractivity contribution in [2.24, 2.45) is 5.92 Å². The largest absolute Gasteiger partial charge is 0.481 e. The molecule has 1 aromatic carbocycles. The van der Waals surface area contributed by atoms with Crippen LogP contribution in [-0.4, -0.2) is 22.8 Å². The van der Waals surface area contributed by atoms with E-state index in [2.05, 4.69) is 5.32 Å². The Morgan fingerprint density at radius 3 is 2.48 bits per heavy atom. The molecule has 1 rings (SSSR count). The number of halogens is 1. The molecule has 1 atom stereocenters. The maximum atomic E-state index is 13.9. The highest BCUT2D eigenvalue weighted by molar-refractivity contribution is 5.84. The van der Waals surface area contributed by atoms with Crippen LogP contribution in [0.25, 0.3) is 0 Å². The molecule has 1 amide bonds. The Morgan fingerprint density at radius 2 is 2.00 bits per heavy atom. The number of hydrogen-bond acceptors (Lipinski definition) is 3. The molecule has 0 bridgehead atoms. The number of nitrogens with one attached hydrogen (secondary N) is 1. The zero-order chi connectivity index (χ0) is 16.2. The fraction of sp³-hybridized carbons (Fsp3) is 0.467. The third kappa shape index (κ3) is 5.81. The SMILES string of the molecule is CC(Cc1ccc(NC(=O)OC(C)(C)C)cc1F)C(=O)O. The summed E-state index contributed by atoms with van der Waals surface area (Å²) in [5.41, 5.74) is -0.0902. The lowest BCUT2D eigenvalue weighted by molar-refractivity contribution is -0.141. The van der Waals surface area contributed by atoms with Gasteiger partial charge in [0.05, 0.1) is 5.92 Å². The average Bonchev–Trinajstić information content (AvgIpc) is 2.29. The number of carbonyl (C=O) groups excluding carboxylic acids is 1. The number of rotatable bonds is 4. The topological polar surface area (TPSA) is 75.6 Å². The van der Waals surface area contributed by atoms with Gasteiger partial charge in [0, 0.05) is 5.69 Å². The van der Waals surface area contributed by atoms with E-state index in [1.54, 1.807) is 20.8 Å². The number of carboxylic acid groups (broad SMARTS) is 1. The maximum Gasteiger partial charge on any atom is 0.412 e. The van der Waals surface area contributed by atoms with Gasteiger partial charge in [-0.1, -0.05) is 13.0 Å². The quantitative estimate of drug-likeness (QED) is 0.892. The molecule has 21 heavy (non-hydrogen) atoms. The Balaban J connectivity index is 2.74. The molecule has 0 aliphatic rings. The fourth-order valence-corrected chi connectivity index (χ4v) is 1.63. The summed E-state index contributed by atoms with van der Waals surface area (Å²) in [6.45, 7) is 6.69. The van der Waals surface area contributed by atoms with E-state index in [-0.39, 0.29) is 12.1 Å². The van der Waals surface area contributed by atoms with Gasteiger partial charge in [-0.15, -0.1) is 0 Å². The van der Waals surface area contributed by atoms with E-state index in [4.69, 9.17) is 9.84 Å². The van der Waals surface area contributed by atoms with Crippen LogP contribution in [-0.2, 0) is 16.0 Å². The number of aliphatic carboxylic acids is 1. The molecule has 6 heteroatoms. The Bertz CT molecular complexity index is 537. The number of benzene rings is 1. The summed E-state index contributed by atoms with van der Waals surface area (Å²) in [6.07, 6.45) is -0.581. The molecule has 1 unspecified atom stereocenters. The minimum Gasteiger partial charge on any atom is -0.481 e. The van der Waals surface area contributed by atoms with Crippen molar-refractivity contribution in [2.45, 2.75) is 39.7 Å². The van der Waals surface area contributed by atoms with Gasteiger partial charge in [0.15, 0.2) is 0 Å². The number of carbonyl (C=O) groups is 2. The monoisotopic (exact) mass is 297 g/mol. The molecule has 0 saturated carbocycles. The van der Waals surface area contributed by atoms with E-state index in [1.165, 1.54) is 19.1 Å². The Hall–Kier alpha value is -2.11. The van der Waals surface area contributed by atoms with Crippen molar-refractivity contribution in [3.05, 3.63) is 29.6 Å². The highest BCUT2D eigenvalue weighted by atomic mass is 19.1. The van der Waals surface area contributed by atoms with Crippen LogP contribution < -0.4 is 5.32 Å². The molecule has 0 saturated heterocycles. The first-order valence-electron chi connectivity index (χ1n) is 6.59. The zero-order valence-corrected chi connectivity index (χ0v) is 12.6. The second-order valence-corrected chi connectivity index (χ2v) is 5.88. The molecule has 0 heterocycles. The number of ether oxygens (including phenoxy) is 1. The van der Waals surface area contributed by atoms with Gasteiger partial charge in [0.2, 0.25) is 0 Å². The lowest BCUT2D eigenvalue weighted by Gasteiger charge is -2.19. The second-order valence-electron chi connectivity index (χ2n) is 5.88. The van der Waals surface area contributed by atoms with E-state index in [0.717, 1.165) is 6.07 Å². The van der Waals surface area contributed by atoms with Gasteiger partial charge in [0.1, 0.15) is 11.4 Å². The van der Waals surface area contributed by atoms with Gasteiger partial charge in [-0.3, -0.25) is 10.1 Å². The first-order chi connectivity index (χ1) is 9.58. The van der Waals surface area contributed by atoms with Gasteiger partial charge in [-0.2, -0.15) is 0 Å². The number of amides is 1. The first kappa shape index (κ1) is 16.9. The average molecular weight is 297 g/mol. The van der Waals surface area contributed by atoms with Gasteiger partial charge in [-0.05, 0) is 44.9 Å². The molecule has 5 nitrogen and oxygen atoms in total. The Kier molecular flexibility index (Phi) is 5.29. The molecular formula is C15H20FNO4. The lowest BCUT2D eigenvalue weighted by Crippen LogP contribution is -2.27. The predicted molar refractivity (Wildman–Crippen MR) is 76.8 cm³/mol.